The fraction of sp³-hybridized carbons (Fsp3) is 0.875. The number of carbonyl (C=O) groups excluding carboxylic acids is 1. The number of rotatable bonds is 0. The third-order valence-electron chi connectivity index (χ3n) is 1.59. The van der Waals surface area contributed by atoms with E-state index in [1.807, 2.05) is 0 Å². The van der Waals surface area contributed by atoms with Crippen molar-refractivity contribution in [2.45, 2.75) is 39.2 Å². The molecule has 0 bridgehead atoms. The molecule has 1 fully saturated rings. The molecule has 64 valence electrons. The SMILES string of the molecule is C[C@H]1O[C@H](C(C)(C)C)SC1=O. The molecule has 0 unspecified atom stereocenters. The smallest absolute Gasteiger partial charge is 0.219 e. The van der Waals surface area contributed by atoms with Gasteiger partial charge in [0.15, 0.2) is 0 Å². The summed E-state index contributed by atoms with van der Waals surface area (Å²) >= 11 is 1.32. The van der Waals surface area contributed by atoms with E-state index in [4.69, 9.17) is 4.74 Å². The van der Waals surface area contributed by atoms with Crippen LogP contribution in [0.3, 0.4) is 0 Å². The predicted molar refractivity (Wildman–Crippen MR) is 46.4 cm³/mol. The maximum Gasteiger partial charge on any atom is 0.219 e. The van der Waals surface area contributed by atoms with Crippen LogP contribution in [0.5, 0.6) is 0 Å². The fourth-order valence-corrected chi connectivity index (χ4v) is 1.88. The average molecular weight is 174 g/mol. The van der Waals surface area contributed by atoms with Crippen LogP contribution in [0.25, 0.3) is 0 Å². The highest BCUT2D eigenvalue weighted by atomic mass is 32.2. The zero-order valence-corrected chi connectivity index (χ0v) is 8.20. The Kier molecular flexibility index (Phi) is 2.30. The van der Waals surface area contributed by atoms with Crippen LogP contribution in [-0.4, -0.2) is 16.7 Å². The molecule has 0 aromatic carbocycles. The molecule has 0 spiro atoms. The lowest BCUT2D eigenvalue weighted by Gasteiger charge is -2.24. The highest BCUT2D eigenvalue weighted by Crippen LogP contribution is 2.38. The average Bonchev–Trinajstić information content (AvgIpc) is 2.11. The molecule has 0 saturated carbocycles. The first kappa shape index (κ1) is 9.07. The van der Waals surface area contributed by atoms with Crippen LogP contribution in [0.4, 0.5) is 0 Å². The third kappa shape index (κ3) is 1.97. The van der Waals surface area contributed by atoms with Crippen molar-refractivity contribution in [3.63, 3.8) is 0 Å². The van der Waals surface area contributed by atoms with Gasteiger partial charge in [0.1, 0.15) is 11.5 Å². The molecule has 1 saturated heterocycles. The van der Waals surface area contributed by atoms with Gasteiger partial charge in [-0.3, -0.25) is 4.79 Å². The summed E-state index contributed by atoms with van der Waals surface area (Å²) in [4.78, 5) is 11.1. The topological polar surface area (TPSA) is 26.3 Å². The second-order valence-corrected chi connectivity index (χ2v) is 4.98. The Hall–Kier alpha value is -0.0200. The molecule has 11 heavy (non-hydrogen) atoms. The largest absolute Gasteiger partial charge is 0.355 e. The van der Waals surface area contributed by atoms with Gasteiger partial charge in [-0.1, -0.05) is 32.5 Å². The molecule has 3 heteroatoms. The standard InChI is InChI=1S/C8H14O2S/c1-5-6(9)11-7(10-5)8(2,3)4/h5,7H,1-4H3/t5-,7+/m1/s1. The highest BCUT2D eigenvalue weighted by Gasteiger charge is 2.38. The van der Waals surface area contributed by atoms with Crippen LogP contribution in [0.1, 0.15) is 27.7 Å². The van der Waals surface area contributed by atoms with Crippen molar-refractivity contribution in [1.82, 2.24) is 0 Å². The summed E-state index contributed by atoms with van der Waals surface area (Å²) in [5.41, 5.74) is 0.0930. The Morgan fingerprint density at radius 3 is 2.18 bits per heavy atom. The molecule has 0 amide bonds. The highest BCUT2D eigenvalue weighted by molar-refractivity contribution is 8.14. The van der Waals surface area contributed by atoms with E-state index in [-0.39, 0.29) is 22.1 Å². The minimum Gasteiger partial charge on any atom is -0.355 e. The molecule has 1 heterocycles. The number of thioether (sulfide) groups is 1. The predicted octanol–water partition coefficient (Wildman–Crippen LogP) is 2.04. The van der Waals surface area contributed by atoms with Gasteiger partial charge in [0.25, 0.3) is 0 Å². The van der Waals surface area contributed by atoms with Crippen LogP contribution >= 0.6 is 11.8 Å². The van der Waals surface area contributed by atoms with E-state index in [0.29, 0.717) is 0 Å². The van der Waals surface area contributed by atoms with Crippen molar-refractivity contribution in [3.05, 3.63) is 0 Å². The maximum atomic E-state index is 11.1. The molecule has 1 aliphatic heterocycles. The summed E-state index contributed by atoms with van der Waals surface area (Å²) in [6.45, 7) is 8.04. The molecule has 1 rings (SSSR count). The third-order valence-corrected chi connectivity index (χ3v) is 3.19. The number of hydrogen-bond donors (Lipinski definition) is 0. The Morgan fingerprint density at radius 2 is 2.00 bits per heavy atom. The van der Waals surface area contributed by atoms with Crippen LogP contribution < -0.4 is 0 Å². The normalized spacial score (nSPS) is 32.9. The lowest BCUT2D eigenvalue weighted by atomic mass is 9.98. The van der Waals surface area contributed by atoms with Crippen LogP contribution in [-0.2, 0) is 9.53 Å². The van der Waals surface area contributed by atoms with Gasteiger partial charge in [0, 0.05) is 0 Å². The van der Waals surface area contributed by atoms with E-state index in [2.05, 4.69) is 20.8 Å². The van der Waals surface area contributed by atoms with Gasteiger partial charge in [-0.2, -0.15) is 0 Å². The van der Waals surface area contributed by atoms with Crippen molar-refractivity contribution < 1.29 is 9.53 Å². The van der Waals surface area contributed by atoms with Crippen molar-refractivity contribution >= 4 is 16.9 Å². The van der Waals surface area contributed by atoms with Crippen LogP contribution in [0, 0.1) is 5.41 Å². The van der Waals surface area contributed by atoms with Gasteiger partial charge >= 0.3 is 0 Å². The second kappa shape index (κ2) is 2.79. The van der Waals surface area contributed by atoms with E-state index in [1.54, 1.807) is 6.92 Å². The van der Waals surface area contributed by atoms with Gasteiger partial charge in [0.05, 0.1) is 0 Å². The Balaban J connectivity index is 2.61. The fourth-order valence-electron chi connectivity index (χ4n) is 0.851. The Morgan fingerprint density at radius 1 is 1.45 bits per heavy atom. The lowest BCUT2D eigenvalue weighted by Crippen LogP contribution is -2.23. The number of carbonyl (C=O) groups is 1. The molecule has 0 radical (unpaired) electrons. The van der Waals surface area contributed by atoms with Crippen LogP contribution in [0.2, 0.25) is 0 Å². The number of ether oxygens (including phenoxy) is 1. The minimum atomic E-state index is -0.218. The summed E-state index contributed by atoms with van der Waals surface area (Å²) in [6.07, 6.45) is -0.218. The minimum absolute atomic E-state index is 0.0324. The second-order valence-electron chi connectivity index (χ2n) is 3.91. The zero-order chi connectivity index (χ0) is 8.65. The first-order valence-electron chi connectivity index (χ1n) is 3.77. The quantitative estimate of drug-likeness (QED) is 0.562. The lowest BCUT2D eigenvalue weighted by molar-refractivity contribution is -0.119. The van der Waals surface area contributed by atoms with Crippen molar-refractivity contribution in [2.75, 3.05) is 0 Å². The van der Waals surface area contributed by atoms with Gasteiger partial charge in [-0.25, -0.2) is 0 Å². The summed E-state index contributed by atoms with van der Waals surface area (Å²) in [7, 11) is 0. The van der Waals surface area contributed by atoms with Gasteiger partial charge in [0.2, 0.25) is 5.12 Å². The van der Waals surface area contributed by atoms with E-state index in [0.717, 1.165) is 0 Å². The molecule has 2 atom stereocenters. The Labute approximate surface area is 71.7 Å². The summed E-state index contributed by atoms with van der Waals surface area (Å²) in [5, 5.41) is 0.157. The summed E-state index contributed by atoms with van der Waals surface area (Å²) < 4.78 is 5.45. The molecule has 0 N–H and O–H groups in total. The first-order valence-corrected chi connectivity index (χ1v) is 4.65. The van der Waals surface area contributed by atoms with E-state index >= 15 is 0 Å². The van der Waals surface area contributed by atoms with Crippen LogP contribution in [0.15, 0.2) is 0 Å². The van der Waals surface area contributed by atoms with E-state index in [9.17, 15) is 4.79 Å². The molecular weight excluding hydrogens is 160 g/mol. The molecule has 0 aliphatic carbocycles. The van der Waals surface area contributed by atoms with Crippen molar-refractivity contribution in [3.8, 4) is 0 Å². The first-order chi connectivity index (χ1) is 4.91. The van der Waals surface area contributed by atoms with Gasteiger partial charge in [-0.15, -0.1) is 0 Å². The molecule has 1 aliphatic rings. The monoisotopic (exact) mass is 174 g/mol. The van der Waals surface area contributed by atoms with Gasteiger partial charge in [-0.05, 0) is 12.3 Å². The van der Waals surface area contributed by atoms with E-state index in [1.165, 1.54) is 11.8 Å². The molecule has 0 aromatic rings. The van der Waals surface area contributed by atoms with Crippen molar-refractivity contribution in [1.29, 1.82) is 0 Å². The summed E-state index contributed by atoms with van der Waals surface area (Å²) in [5.74, 6) is 0. The Bertz CT molecular complexity index is 171. The maximum absolute atomic E-state index is 11.1. The molecule has 0 aromatic heterocycles. The number of hydrogen-bond acceptors (Lipinski definition) is 3. The summed E-state index contributed by atoms with van der Waals surface area (Å²) in [6, 6.07) is 0. The van der Waals surface area contributed by atoms with E-state index < -0.39 is 0 Å². The van der Waals surface area contributed by atoms with Gasteiger partial charge < -0.3 is 4.74 Å². The zero-order valence-electron chi connectivity index (χ0n) is 7.38. The molecule has 2 nitrogen and oxygen atoms in total. The molecular formula is C8H14O2S. The van der Waals surface area contributed by atoms with Crippen molar-refractivity contribution in [2.24, 2.45) is 5.41 Å².